The number of aliphatic carboxylic acids is 1. The van der Waals surface area contributed by atoms with E-state index < -0.39 is 5.97 Å². The number of piperidine rings is 1. The zero-order valence-corrected chi connectivity index (χ0v) is 13.7. The van der Waals surface area contributed by atoms with Crippen molar-refractivity contribution in [3.63, 3.8) is 0 Å². The van der Waals surface area contributed by atoms with E-state index in [1.807, 2.05) is 24.3 Å². The average molecular weight is 326 g/mol. The first-order valence-corrected chi connectivity index (χ1v) is 8.25. The summed E-state index contributed by atoms with van der Waals surface area (Å²) < 4.78 is 0. The molecule has 0 amide bonds. The second-order valence-electron chi connectivity index (χ2n) is 6.14. The lowest BCUT2D eigenvalue weighted by molar-refractivity contribution is -0.142. The summed E-state index contributed by atoms with van der Waals surface area (Å²) in [7, 11) is 0. The van der Waals surface area contributed by atoms with Crippen molar-refractivity contribution in [2.45, 2.75) is 25.8 Å². The molecule has 126 valence electrons. The maximum Gasteiger partial charge on any atom is 0.306 e. The van der Waals surface area contributed by atoms with Crippen LogP contribution in [-0.4, -0.2) is 34.1 Å². The number of rotatable bonds is 5. The van der Waals surface area contributed by atoms with E-state index in [0.717, 1.165) is 11.6 Å². The number of benzene rings is 1. The Morgan fingerprint density at radius 3 is 2.62 bits per heavy atom. The SMILES string of the molecule is CC(Nc1cc(N2CCC(C(=O)O)CC2)ncn1)c1ccccc1. The number of nitrogens with one attached hydrogen (secondary N) is 1. The summed E-state index contributed by atoms with van der Waals surface area (Å²) in [5, 5.41) is 12.5. The quantitative estimate of drug-likeness (QED) is 0.879. The van der Waals surface area contributed by atoms with Crippen molar-refractivity contribution in [3.05, 3.63) is 48.3 Å². The highest BCUT2D eigenvalue weighted by atomic mass is 16.4. The zero-order chi connectivity index (χ0) is 16.9. The third-order valence-electron chi connectivity index (χ3n) is 4.48. The van der Waals surface area contributed by atoms with Crippen LogP contribution in [-0.2, 0) is 4.79 Å². The van der Waals surface area contributed by atoms with Gasteiger partial charge in [-0.1, -0.05) is 30.3 Å². The number of carboxylic acid groups (broad SMARTS) is 1. The molecule has 6 heteroatoms. The molecule has 1 fully saturated rings. The minimum absolute atomic E-state index is 0.145. The molecule has 2 aromatic rings. The fourth-order valence-corrected chi connectivity index (χ4v) is 3.00. The molecule has 0 aliphatic carbocycles. The minimum Gasteiger partial charge on any atom is -0.481 e. The highest BCUT2D eigenvalue weighted by Crippen LogP contribution is 2.24. The van der Waals surface area contributed by atoms with Crippen LogP contribution in [0.5, 0.6) is 0 Å². The van der Waals surface area contributed by atoms with Crippen LogP contribution in [0.4, 0.5) is 11.6 Å². The Labute approximate surface area is 141 Å². The molecule has 3 rings (SSSR count). The van der Waals surface area contributed by atoms with Crippen molar-refractivity contribution in [1.82, 2.24) is 9.97 Å². The molecule has 6 nitrogen and oxygen atoms in total. The summed E-state index contributed by atoms with van der Waals surface area (Å²) in [4.78, 5) is 21.8. The minimum atomic E-state index is -0.698. The fourth-order valence-electron chi connectivity index (χ4n) is 3.00. The number of nitrogens with zero attached hydrogens (tertiary/aromatic N) is 3. The van der Waals surface area contributed by atoms with Gasteiger partial charge in [-0.3, -0.25) is 4.79 Å². The van der Waals surface area contributed by atoms with Crippen LogP contribution >= 0.6 is 0 Å². The van der Waals surface area contributed by atoms with Gasteiger partial charge in [-0.2, -0.15) is 0 Å². The number of aromatic nitrogens is 2. The molecule has 1 unspecified atom stereocenters. The molecule has 1 aliphatic heterocycles. The molecule has 1 atom stereocenters. The van der Waals surface area contributed by atoms with Gasteiger partial charge in [-0.25, -0.2) is 9.97 Å². The van der Waals surface area contributed by atoms with E-state index in [4.69, 9.17) is 5.11 Å². The monoisotopic (exact) mass is 326 g/mol. The van der Waals surface area contributed by atoms with E-state index in [9.17, 15) is 4.79 Å². The molecule has 0 saturated carbocycles. The molecule has 2 N–H and O–H groups in total. The van der Waals surface area contributed by atoms with Gasteiger partial charge < -0.3 is 15.3 Å². The van der Waals surface area contributed by atoms with Crippen LogP contribution in [0, 0.1) is 5.92 Å². The molecule has 1 aliphatic rings. The Hall–Kier alpha value is -2.63. The number of carboxylic acids is 1. The maximum absolute atomic E-state index is 11.1. The average Bonchev–Trinajstić information content (AvgIpc) is 2.63. The van der Waals surface area contributed by atoms with E-state index in [1.165, 1.54) is 5.56 Å². The fraction of sp³-hybridized carbons (Fsp3) is 0.389. The number of anilines is 2. The number of carbonyl (C=O) groups is 1. The Bertz CT molecular complexity index is 684. The van der Waals surface area contributed by atoms with Gasteiger partial charge in [0.1, 0.15) is 18.0 Å². The van der Waals surface area contributed by atoms with Crippen molar-refractivity contribution < 1.29 is 9.90 Å². The van der Waals surface area contributed by atoms with E-state index in [2.05, 4.69) is 39.2 Å². The summed E-state index contributed by atoms with van der Waals surface area (Å²) in [6, 6.07) is 12.3. The van der Waals surface area contributed by atoms with Gasteiger partial charge in [0.05, 0.1) is 5.92 Å². The van der Waals surface area contributed by atoms with E-state index in [1.54, 1.807) is 6.33 Å². The third kappa shape index (κ3) is 3.82. The first kappa shape index (κ1) is 16.2. The van der Waals surface area contributed by atoms with Gasteiger partial charge >= 0.3 is 5.97 Å². The van der Waals surface area contributed by atoms with E-state index >= 15 is 0 Å². The second kappa shape index (κ2) is 7.29. The summed E-state index contributed by atoms with van der Waals surface area (Å²) in [5.41, 5.74) is 1.19. The number of hydrogen-bond acceptors (Lipinski definition) is 5. The van der Waals surface area contributed by atoms with Crippen LogP contribution < -0.4 is 10.2 Å². The summed E-state index contributed by atoms with van der Waals surface area (Å²) in [6.07, 6.45) is 2.86. The maximum atomic E-state index is 11.1. The van der Waals surface area contributed by atoms with Gasteiger partial charge in [-0.05, 0) is 25.3 Å². The smallest absolute Gasteiger partial charge is 0.306 e. The molecule has 1 saturated heterocycles. The van der Waals surface area contributed by atoms with Gasteiger partial charge in [0.25, 0.3) is 0 Å². The van der Waals surface area contributed by atoms with Crippen LogP contribution in [0.1, 0.15) is 31.4 Å². The van der Waals surface area contributed by atoms with Gasteiger partial charge in [0.15, 0.2) is 0 Å². The largest absolute Gasteiger partial charge is 0.481 e. The molecule has 0 radical (unpaired) electrons. The molecule has 2 heterocycles. The lowest BCUT2D eigenvalue weighted by atomic mass is 9.97. The predicted octanol–water partition coefficient (Wildman–Crippen LogP) is 2.95. The van der Waals surface area contributed by atoms with Gasteiger partial charge in [0, 0.05) is 25.2 Å². The zero-order valence-electron chi connectivity index (χ0n) is 13.7. The summed E-state index contributed by atoms with van der Waals surface area (Å²) >= 11 is 0. The van der Waals surface area contributed by atoms with E-state index in [-0.39, 0.29) is 12.0 Å². The van der Waals surface area contributed by atoms with Crippen molar-refractivity contribution in [3.8, 4) is 0 Å². The molecule has 24 heavy (non-hydrogen) atoms. The van der Waals surface area contributed by atoms with Gasteiger partial charge in [-0.15, -0.1) is 0 Å². The Kier molecular flexibility index (Phi) is 4.93. The first-order chi connectivity index (χ1) is 11.6. The van der Waals surface area contributed by atoms with Crippen molar-refractivity contribution in [2.24, 2.45) is 5.92 Å². The highest BCUT2D eigenvalue weighted by Gasteiger charge is 2.25. The third-order valence-corrected chi connectivity index (χ3v) is 4.48. The normalized spacial score (nSPS) is 16.6. The van der Waals surface area contributed by atoms with Crippen LogP contribution in [0.3, 0.4) is 0 Å². The topological polar surface area (TPSA) is 78.4 Å². The highest BCUT2D eigenvalue weighted by molar-refractivity contribution is 5.70. The number of hydrogen-bond donors (Lipinski definition) is 2. The lowest BCUT2D eigenvalue weighted by Crippen LogP contribution is -2.36. The second-order valence-corrected chi connectivity index (χ2v) is 6.14. The van der Waals surface area contributed by atoms with Gasteiger partial charge in [0.2, 0.25) is 0 Å². The Balaban J connectivity index is 1.65. The molecule has 1 aromatic heterocycles. The summed E-state index contributed by atoms with van der Waals surface area (Å²) in [5.74, 6) is 0.684. The van der Waals surface area contributed by atoms with Crippen LogP contribution in [0.2, 0.25) is 0 Å². The molecule has 0 spiro atoms. The first-order valence-electron chi connectivity index (χ1n) is 8.25. The van der Waals surface area contributed by atoms with Crippen LogP contribution in [0.15, 0.2) is 42.7 Å². The van der Waals surface area contributed by atoms with Crippen LogP contribution in [0.25, 0.3) is 0 Å². The Morgan fingerprint density at radius 2 is 1.96 bits per heavy atom. The molecule has 1 aromatic carbocycles. The lowest BCUT2D eigenvalue weighted by Gasteiger charge is -2.31. The van der Waals surface area contributed by atoms with Crippen molar-refractivity contribution >= 4 is 17.6 Å². The van der Waals surface area contributed by atoms with E-state index in [0.29, 0.717) is 25.9 Å². The molecule has 0 bridgehead atoms. The summed E-state index contributed by atoms with van der Waals surface area (Å²) in [6.45, 7) is 3.51. The standard InChI is InChI=1S/C18H22N4O2/c1-13(14-5-3-2-4-6-14)21-16-11-17(20-12-19-16)22-9-7-15(8-10-22)18(23)24/h2-6,11-13,15H,7-10H2,1H3,(H,23,24)(H,19,20,21). The molecular weight excluding hydrogens is 304 g/mol. The molecular formula is C18H22N4O2. The Morgan fingerprint density at radius 1 is 1.25 bits per heavy atom. The van der Waals surface area contributed by atoms with Crippen molar-refractivity contribution in [1.29, 1.82) is 0 Å². The predicted molar refractivity (Wildman–Crippen MR) is 93.1 cm³/mol. The van der Waals surface area contributed by atoms with Crippen molar-refractivity contribution in [2.75, 3.05) is 23.3 Å².